The van der Waals surface area contributed by atoms with Gasteiger partial charge >= 0.3 is 0 Å². The van der Waals surface area contributed by atoms with Crippen LogP contribution in [0.2, 0.25) is 0 Å². The molecule has 0 bridgehead atoms. The highest BCUT2D eigenvalue weighted by Crippen LogP contribution is 2.49. The van der Waals surface area contributed by atoms with Crippen molar-refractivity contribution in [3.05, 3.63) is 65.9 Å². The van der Waals surface area contributed by atoms with E-state index in [1.807, 2.05) is 30.3 Å². The molecule has 1 aromatic heterocycles. The Kier molecular flexibility index (Phi) is 5.65. The number of nitrogens with one attached hydrogen (secondary N) is 1. The lowest BCUT2D eigenvalue weighted by atomic mass is 9.93. The number of nitrogens with zero attached hydrogens (tertiary/aromatic N) is 2. The second-order valence-electron chi connectivity index (χ2n) is 8.10. The lowest BCUT2D eigenvalue weighted by molar-refractivity contribution is -0.124. The molecule has 152 valence electrons. The minimum absolute atomic E-state index is 0. The number of benzene rings is 2. The minimum atomic E-state index is -0.413. The molecule has 1 aliphatic heterocycles. The van der Waals surface area contributed by atoms with Crippen molar-refractivity contribution in [1.29, 1.82) is 0 Å². The van der Waals surface area contributed by atoms with Gasteiger partial charge in [-0.25, -0.2) is 0 Å². The van der Waals surface area contributed by atoms with Gasteiger partial charge in [0.2, 0.25) is 5.91 Å². The largest absolute Gasteiger partial charge is 0.356 e. The van der Waals surface area contributed by atoms with E-state index in [0.717, 1.165) is 49.0 Å². The van der Waals surface area contributed by atoms with Gasteiger partial charge in [-0.05, 0) is 62.0 Å². The summed E-state index contributed by atoms with van der Waals surface area (Å²) in [6.45, 7) is 3.11. The molecule has 5 rings (SSSR count). The zero-order valence-electron chi connectivity index (χ0n) is 16.4. The Morgan fingerprint density at radius 3 is 2.62 bits per heavy atom. The van der Waals surface area contributed by atoms with Crippen molar-refractivity contribution in [2.24, 2.45) is 0 Å². The predicted molar refractivity (Wildman–Crippen MR) is 118 cm³/mol. The number of hydrogen-bond donors (Lipinski definition) is 1. The highest BCUT2D eigenvalue weighted by molar-refractivity contribution is 7.59. The average molecular weight is 410 g/mol. The Labute approximate surface area is 177 Å². The number of likely N-dealkylation sites (tertiary alicyclic amines) is 1. The van der Waals surface area contributed by atoms with Crippen molar-refractivity contribution in [2.45, 2.75) is 37.1 Å². The van der Waals surface area contributed by atoms with E-state index in [-0.39, 0.29) is 25.4 Å². The van der Waals surface area contributed by atoms with Gasteiger partial charge in [0.15, 0.2) is 5.58 Å². The first-order valence-corrected chi connectivity index (χ1v) is 10.2. The molecule has 29 heavy (non-hydrogen) atoms. The van der Waals surface area contributed by atoms with Crippen molar-refractivity contribution in [3.63, 3.8) is 0 Å². The van der Waals surface area contributed by atoms with Gasteiger partial charge < -0.3 is 14.7 Å². The fourth-order valence-corrected chi connectivity index (χ4v) is 4.38. The average Bonchev–Trinajstić information content (AvgIpc) is 3.14. The molecule has 6 heteroatoms. The highest BCUT2D eigenvalue weighted by atomic mass is 32.1. The van der Waals surface area contributed by atoms with Crippen LogP contribution >= 0.6 is 13.5 Å². The Morgan fingerprint density at radius 2 is 1.90 bits per heavy atom. The van der Waals surface area contributed by atoms with Gasteiger partial charge in [-0.15, -0.1) is 0 Å². The highest BCUT2D eigenvalue weighted by Gasteiger charge is 2.51. The second kappa shape index (κ2) is 8.20. The Balaban J connectivity index is 0.00000205. The summed E-state index contributed by atoms with van der Waals surface area (Å²) in [5.74, 6) is 0.136. The Hall–Kier alpha value is -2.31. The molecule has 1 N–H and O–H groups in total. The van der Waals surface area contributed by atoms with Crippen molar-refractivity contribution in [1.82, 2.24) is 15.4 Å². The van der Waals surface area contributed by atoms with Crippen LogP contribution in [0.1, 0.15) is 42.9 Å². The first kappa shape index (κ1) is 20.0. The van der Waals surface area contributed by atoms with Crippen LogP contribution in [0.5, 0.6) is 0 Å². The summed E-state index contributed by atoms with van der Waals surface area (Å²) in [5, 5.41) is 8.19. The fraction of sp³-hybridized carbons (Fsp3) is 0.391. The first-order chi connectivity index (χ1) is 13.7. The third kappa shape index (κ3) is 3.91. The van der Waals surface area contributed by atoms with E-state index in [1.165, 1.54) is 18.4 Å². The van der Waals surface area contributed by atoms with E-state index in [0.29, 0.717) is 0 Å². The van der Waals surface area contributed by atoms with Crippen molar-refractivity contribution >= 4 is 30.4 Å². The fourth-order valence-electron chi connectivity index (χ4n) is 4.38. The summed E-state index contributed by atoms with van der Waals surface area (Å²) >= 11 is 0. The molecule has 1 saturated carbocycles. The summed E-state index contributed by atoms with van der Waals surface area (Å²) in [4.78, 5) is 15.8. The number of carbonyl (C=O) groups is 1. The third-order valence-electron chi connectivity index (χ3n) is 6.24. The zero-order valence-corrected chi connectivity index (χ0v) is 17.4. The number of carbonyl (C=O) groups excluding carboxylic acids is 1. The van der Waals surface area contributed by atoms with E-state index in [4.69, 9.17) is 4.52 Å². The van der Waals surface area contributed by atoms with Gasteiger partial charge in [-0.3, -0.25) is 4.79 Å². The molecule has 2 fully saturated rings. The van der Waals surface area contributed by atoms with Gasteiger partial charge in [-0.1, -0.05) is 41.6 Å². The molecule has 2 aromatic carbocycles. The van der Waals surface area contributed by atoms with E-state index >= 15 is 0 Å². The topological polar surface area (TPSA) is 58.4 Å². The summed E-state index contributed by atoms with van der Waals surface area (Å²) < 4.78 is 5.21. The van der Waals surface area contributed by atoms with E-state index in [9.17, 15) is 4.79 Å². The third-order valence-corrected chi connectivity index (χ3v) is 6.24. The van der Waals surface area contributed by atoms with Gasteiger partial charge in [0.05, 0.1) is 17.7 Å². The van der Waals surface area contributed by atoms with E-state index in [2.05, 4.69) is 33.6 Å². The van der Waals surface area contributed by atoms with Crippen LogP contribution in [0.3, 0.4) is 0 Å². The van der Waals surface area contributed by atoms with Gasteiger partial charge in [-0.2, -0.15) is 13.5 Å². The quantitative estimate of drug-likeness (QED) is 0.670. The lowest BCUT2D eigenvalue weighted by Crippen LogP contribution is -2.41. The number of rotatable bonds is 6. The van der Waals surface area contributed by atoms with Gasteiger partial charge in [0.1, 0.15) is 0 Å². The summed E-state index contributed by atoms with van der Waals surface area (Å²) in [7, 11) is 0. The smallest absolute Gasteiger partial charge is 0.231 e. The summed E-state index contributed by atoms with van der Waals surface area (Å²) in [5.41, 5.74) is 2.58. The maximum Gasteiger partial charge on any atom is 0.231 e. The predicted octanol–water partition coefficient (Wildman–Crippen LogP) is 3.93. The standard InChI is InChI=1S/C23H25N3O2.H2S/c27-22(23(10-11-23)19-8-9-21-18(14-19)15-24-28-21)25-20(16-26-12-4-5-13-26)17-6-2-1-3-7-17;/h1-3,6-9,14-15,20H,4-5,10-13,16H2,(H,25,27);1H2/t20-;/m1./s1. The normalized spacial score (nSPS) is 18.9. The van der Waals surface area contributed by atoms with Crippen LogP contribution in [0, 0.1) is 0 Å². The van der Waals surface area contributed by atoms with Gasteiger partial charge in [0.25, 0.3) is 0 Å². The number of hydrogen-bond acceptors (Lipinski definition) is 4. The molecule has 5 nitrogen and oxygen atoms in total. The molecule has 3 aromatic rings. The number of amides is 1. The monoisotopic (exact) mass is 409 g/mol. The van der Waals surface area contributed by atoms with E-state index in [1.54, 1.807) is 6.20 Å². The molecule has 0 radical (unpaired) electrons. The first-order valence-electron chi connectivity index (χ1n) is 10.2. The lowest BCUT2D eigenvalue weighted by Gasteiger charge is -2.27. The molecule has 1 saturated heterocycles. The molecule has 1 amide bonds. The van der Waals surface area contributed by atoms with Crippen molar-refractivity contribution in [3.8, 4) is 0 Å². The molecule has 0 unspecified atom stereocenters. The summed E-state index contributed by atoms with van der Waals surface area (Å²) in [6, 6.07) is 16.3. The minimum Gasteiger partial charge on any atom is -0.356 e. The molecular formula is C23H27N3O2S. The van der Waals surface area contributed by atoms with Crippen LogP contribution in [0.25, 0.3) is 11.0 Å². The zero-order chi connectivity index (χ0) is 19.0. The second-order valence-corrected chi connectivity index (χ2v) is 8.10. The molecular weight excluding hydrogens is 382 g/mol. The molecule has 2 aliphatic rings. The van der Waals surface area contributed by atoms with Crippen molar-refractivity contribution in [2.75, 3.05) is 19.6 Å². The maximum atomic E-state index is 13.4. The van der Waals surface area contributed by atoms with Crippen LogP contribution in [0.4, 0.5) is 0 Å². The SMILES string of the molecule is O=C(N[C@H](CN1CCCC1)c1ccccc1)C1(c2ccc3oncc3c2)CC1.S. The Morgan fingerprint density at radius 1 is 1.14 bits per heavy atom. The van der Waals surface area contributed by atoms with E-state index < -0.39 is 5.41 Å². The number of aromatic nitrogens is 1. The number of fused-ring (bicyclic) bond motifs is 1. The van der Waals surface area contributed by atoms with Gasteiger partial charge in [0, 0.05) is 11.9 Å². The maximum absolute atomic E-state index is 13.4. The van der Waals surface area contributed by atoms with Crippen LogP contribution in [0.15, 0.2) is 59.3 Å². The Bertz CT molecular complexity index is 978. The molecule has 2 heterocycles. The van der Waals surface area contributed by atoms with Crippen LogP contribution in [-0.4, -0.2) is 35.6 Å². The summed E-state index contributed by atoms with van der Waals surface area (Å²) in [6.07, 6.45) is 5.99. The van der Waals surface area contributed by atoms with Crippen LogP contribution < -0.4 is 5.32 Å². The van der Waals surface area contributed by atoms with Crippen LogP contribution in [-0.2, 0) is 10.2 Å². The molecule has 1 aliphatic carbocycles. The van der Waals surface area contributed by atoms with Crippen molar-refractivity contribution < 1.29 is 9.32 Å². The molecule has 1 atom stereocenters. The molecule has 0 spiro atoms.